The van der Waals surface area contributed by atoms with Gasteiger partial charge in [-0.2, -0.15) is 0 Å². The Bertz CT molecular complexity index is 355. The molecule has 0 aromatic heterocycles. The van der Waals surface area contributed by atoms with Gasteiger partial charge in [-0.25, -0.2) is 13.1 Å². The minimum atomic E-state index is -3.38. The van der Waals surface area contributed by atoms with E-state index in [-0.39, 0.29) is 17.7 Å². The number of rotatable bonds is 8. The molecule has 1 aliphatic rings. The first-order chi connectivity index (χ1) is 7.94. The molecule has 1 amide bonds. The van der Waals surface area contributed by atoms with Gasteiger partial charge in [0.05, 0.1) is 11.8 Å². The summed E-state index contributed by atoms with van der Waals surface area (Å²) < 4.78 is 25.5. The molecule has 5 nitrogen and oxygen atoms in total. The Morgan fingerprint density at radius 2 is 2.06 bits per heavy atom. The largest absolute Gasteiger partial charge is 0.352 e. The number of sulfonamides is 1. The number of alkyl halides is 1. The predicted octanol–water partition coefficient (Wildman–Crippen LogP) is 0.592. The van der Waals surface area contributed by atoms with Crippen LogP contribution in [0.25, 0.3) is 0 Å². The lowest BCUT2D eigenvalue weighted by Crippen LogP contribution is -2.46. The average Bonchev–Trinajstić information content (AvgIpc) is 3.01. The summed E-state index contributed by atoms with van der Waals surface area (Å²) in [6.45, 7) is 1.55. The van der Waals surface area contributed by atoms with Crippen LogP contribution in [0.5, 0.6) is 0 Å². The van der Waals surface area contributed by atoms with Gasteiger partial charge in [0, 0.05) is 11.9 Å². The highest BCUT2D eigenvalue weighted by Gasteiger charge is 2.27. The number of carbonyl (C=O) groups excluding carboxylic acids is 1. The molecule has 1 fully saturated rings. The lowest BCUT2D eigenvalue weighted by Gasteiger charge is -2.13. The van der Waals surface area contributed by atoms with Gasteiger partial charge in [-0.05, 0) is 32.6 Å². The summed E-state index contributed by atoms with van der Waals surface area (Å²) in [7, 11) is -3.38. The molecule has 17 heavy (non-hydrogen) atoms. The molecule has 0 spiro atoms. The van der Waals surface area contributed by atoms with Crippen LogP contribution in [0.15, 0.2) is 0 Å². The SMILES string of the molecule is CC(NS(=O)(=O)CCCCCl)C(=O)NC1CC1. The highest BCUT2D eigenvalue weighted by Crippen LogP contribution is 2.18. The number of amides is 1. The fraction of sp³-hybridized carbons (Fsp3) is 0.900. The lowest BCUT2D eigenvalue weighted by atomic mass is 10.3. The molecule has 1 atom stereocenters. The second-order valence-electron chi connectivity index (χ2n) is 4.34. The number of hydrogen-bond donors (Lipinski definition) is 2. The molecule has 0 bridgehead atoms. The van der Waals surface area contributed by atoms with Gasteiger partial charge in [0.1, 0.15) is 0 Å². The summed E-state index contributed by atoms with van der Waals surface area (Å²) in [5, 5.41) is 2.76. The Kier molecular flexibility index (Phi) is 5.69. The zero-order chi connectivity index (χ0) is 12.9. The highest BCUT2D eigenvalue weighted by molar-refractivity contribution is 7.89. The molecular weight excluding hydrogens is 264 g/mol. The third-order valence-corrected chi connectivity index (χ3v) is 4.28. The van der Waals surface area contributed by atoms with Gasteiger partial charge < -0.3 is 5.32 Å². The van der Waals surface area contributed by atoms with Crippen molar-refractivity contribution in [2.75, 3.05) is 11.6 Å². The molecule has 0 aliphatic heterocycles. The predicted molar refractivity (Wildman–Crippen MR) is 67.5 cm³/mol. The zero-order valence-corrected chi connectivity index (χ0v) is 11.5. The van der Waals surface area contributed by atoms with Crippen LogP contribution in [0, 0.1) is 0 Å². The van der Waals surface area contributed by atoms with E-state index in [1.807, 2.05) is 0 Å². The first kappa shape index (κ1) is 14.7. The van der Waals surface area contributed by atoms with Crippen LogP contribution < -0.4 is 10.0 Å². The summed E-state index contributed by atoms with van der Waals surface area (Å²) in [5.74, 6) is 0.210. The number of carbonyl (C=O) groups is 1. The molecule has 7 heteroatoms. The molecule has 1 aliphatic carbocycles. The van der Waals surface area contributed by atoms with Crippen LogP contribution in [0.1, 0.15) is 32.6 Å². The fourth-order valence-corrected chi connectivity index (χ4v) is 2.86. The van der Waals surface area contributed by atoms with Crippen LogP contribution in [-0.2, 0) is 14.8 Å². The third-order valence-electron chi connectivity index (χ3n) is 2.47. The van der Waals surface area contributed by atoms with Gasteiger partial charge in [-0.15, -0.1) is 11.6 Å². The van der Waals surface area contributed by atoms with Crippen molar-refractivity contribution in [3.8, 4) is 0 Å². The van der Waals surface area contributed by atoms with E-state index in [0.717, 1.165) is 12.8 Å². The monoisotopic (exact) mass is 282 g/mol. The van der Waals surface area contributed by atoms with Crippen LogP contribution in [0.2, 0.25) is 0 Å². The molecule has 0 heterocycles. The Labute approximate surface area is 107 Å². The summed E-state index contributed by atoms with van der Waals surface area (Å²) in [6.07, 6.45) is 3.14. The van der Waals surface area contributed by atoms with Crippen LogP contribution in [0.3, 0.4) is 0 Å². The maximum atomic E-state index is 11.6. The second kappa shape index (κ2) is 6.56. The Balaban J connectivity index is 2.31. The van der Waals surface area contributed by atoms with Crippen molar-refractivity contribution in [2.24, 2.45) is 0 Å². The molecule has 2 N–H and O–H groups in total. The van der Waals surface area contributed by atoms with E-state index < -0.39 is 16.1 Å². The molecule has 100 valence electrons. The number of halogens is 1. The van der Waals surface area contributed by atoms with Crippen LogP contribution in [0.4, 0.5) is 0 Å². The fourth-order valence-electron chi connectivity index (χ4n) is 1.32. The van der Waals surface area contributed by atoms with E-state index in [9.17, 15) is 13.2 Å². The second-order valence-corrected chi connectivity index (χ2v) is 6.59. The minimum Gasteiger partial charge on any atom is -0.352 e. The summed E-state index contributed by atoms with van der Waals surface area (Å²) in [4.78, 5) is 11.5. The quantitative estimate of drug-likeness (QED) is 0.505. The van der Waals surface area contributed by atoms with E-state index in [1.165, 1.54) is 0 Å². The molecule has 1 saturated carbocycles. The number of unbranched alkanes of at least 4 members (excludes halogenated alkanes) is 1. The summed E-state index contributed by atoms with van der Waals surface area (Å²) in [6, 6.07) is -0.470. The number of nitrogens with one attached hydrogen (secondary N) is 2. The minimum absolute atomic E-state index is 0.0147. The maximum absolute atomic E-state index is 11.6. The van der Waals surface area contributed by atoms with Gasteiger partial charge in [0.2, 0.25) is 15.9 Å². The summed E-state index contributed by atoms with van der Waals surface area (Å²) >= 11 is 5.47. The maximum Gasteiger partial charge on any atom is 0.238 e. The van der Waals surface area contributed by atoms with E-state index in [2.05, 4.69) is 10.0 Å². The van der Waals surface area contributed by atoms with E-state index in [1.54, 1.807) is 6.92 Å². The summed E-state index contributed by atoms with van der Waals surface area (Å²) in [5.41, 5.74) is 0. The van der Waals surface area contributed by atoms with Crippen molar-refractivity contribution in [3.63, 3.8) is 0 Å². The topological polar surface area (TPSA) is 75.3 Å². The van der Waals surface area contributed by atoms with Gasteiger partial charge in [0.15, 0.2) is 0 Å². The standard InChI is InChI=1S/C10H19ClN2O3S/c1-8(10(14)12-9-4-5-9)13-17(15,16)7-3-2-6-11/h8-9,13H,2-7H2,1H3,(H,12,14). The molecule has 0 radical (unpaired) electrons. The van der Waals surface area contributed by atoms with Crippen molar-refractivity contribution >= 4 is 27.5 Å². The number of hydrogen-bond acceptors (Lipinski definition) is 3. The van der Waals surface area contributed by atoms with Crippen molar-refractivity contribution in [1.29, 1.82) is 0 Å². The molecule has 1 unspecified atom stereocenters. The van der Waals surface area contributed by atoms with Crippen molar-refractivity contribution < 1.29 is 13.2 Å². The van der Waals surface area contributed by atoms with Gasteiger partial charge in [-0.1, -0.05) is 0 Å². The van der Waals surface area contributed by atoms with Crippen molar-refractivity contribution in [2.45, 2.75) is 44.7 Å². The van der Waals surface area contributed by atoms with Crippen LogP contribution >= 0.6 is 11.6 Å². The third kappa shape index (κ3) is 6.24. The molecule has 0 saturated heterocycles. The van der Waals surface area contributed by atoms with Gasteiger partial charge in [0.25, 0.3) is 0 Å². The molecule has 1 rings (SSSR count). The van der Waals surface area contributed by atoms with E-state index >= 15 is 0 Å². The first-order valence-corrected chi connectivity index (χ1v) is 7.99. The van der Waals surface area contributed by atoms with Crippen molar-refractivity contribution in [3.05, 3.63) is 0 Å². The molecule has 0 aromatic rings. The smallest absolute Gasteiger partial charge is 0.238 e. The lowest BCUT2D eigenvalue weighted by molar-refractivity contribution is -0.122. The molecular formula is C10H19ClN2O3S. The average molecular weight is 283 g/mol. The Morgan fingerprint density at radius 3 is 2.59 bits per heavy atom. The van der Waals surface area contributed by atoms with Crippen LogP contribution in [-0.4, -0.2) is 38.0 Å². The molecule has 0 aromatic carbocycles. The first-order valence-electron chi connectivity index (χ1n) is 5.81. The Morgan fingerprint density at radius 1 is 1.41 bits per heavy atom. The normalized spacial score (nSPS) is 17.8. The van der Waals surface area contributed by atoms with Gasteiger partial charge >= 0.3 is 0 Å². The zero-order valence-electron chi connectivity index (χ0n) is 9.91. The van der Waals surface area contributed by atoms with Gasteiger partial charge in [-0.3, -0.25) is 4.79 Å². The van der Waals surface area contributed by atoms with E-state index in [4.69, 9.17) is 11.6 Å². The van der Waals surface area contributed by atoms with E-state index in [0.29, 0.717) is 18.7 Å². The highest BCUT2D eigenvalue weighted by atomic mass is 35.5. The van der Waals surface area contributed by atoms with Crippen molar-refractivity contribution in [1.82, 2.24) is 10.0 Å². The Hall–Kier alpha value is -0.330.